The maximum Gasteiger partial charge on any atom is 0.0716 e. The van der Waals surface area contributed by atoms with Crippen LogP contribution in [0.5, 0.6) is 0 Å². The van der Waals surface area contributed by atoms with Gasteiger partial charge in [-0.25, -0.2) is 0 Å². The lowest BCUT2D eigenvalue weighted by atomic mass is 10.1. The first kappa shape index (κ1) is 10.8. The molecule has 2 N–H and O–H groups in total. The summed E-state index contributed by atoms with van der Waals surface area (Å²) in [5, 5.41) is 4.19. The van der Waals surface area contributed by atoms with Crippen molar-refractivity contribution in [3.8, 4) is 0 Å². The van der Waals surface area contributed by atoms with Crippen molar-refractivity contribution in [2.75, 3.05) is 0 Å². The molecule has 1 atom stereocenters. The Balaban J connectivity index is 2.15. The average molecular weight is 283 g/mol. The SMILES string of the molecule is NC(Cc1ccsc1)c1ncccc1Br. The smallest absolute Gasteiger partial charge is 0.0716 e. The maximum atomic E-state index is 6.10. The van der Waals surface area contributed by atoms with Crippen molar-refractivity contribution in [1.29, 1.82) is 0 Å². The molecule has 0 aliphatic rings. The van der Waals surface area contributed by atoms with Gasteiger partial charge in [0.05, 0.1) is 11.7 Å². The average Bonchev–Trinajstić information content (AvgIpc) is 2.71. The van der Waals surface area contributed by atoms with Crippen molar-refractivity contribution >= 4 is 27.3 Å². The van der Waals surface area contributed by atoms with E-state index in [1.54, 1.807) is 17.5 Å². The predicted molar refractivity (Wildman–Crippen MR) is 66.9 cm³/mol. The van der Waals surface area contributed by atoms with Crippen LogP contribution in [-0.4, -0.2) is 4.98 Å². The van der Waals surface area contributed by atoms with Gasteiger partial charge in [-0.15, -0.1) is 0 Å². The highest BCUT2D eigenvalue weighted by molar-refractivity contribution is 9.10. The Labute approximate surface area is 101 Å². The Morgan fingerprint density at radius 3 is 3.00 bits per heavy atom. The van der Waals surface area contributed by atoms with Crippen molar-refractivity contribution in [2.45, 2.75) is 12.5 Å². The number of halogens is 1. The van der Waals surface area contributed by atoms with E-state index in [-0.39, 0.29) is 6.04 Å². The number of nitrogens with two attached hydrogens (primary N) is 1. The lowest BCUT2D eigenvalue weighted by Crippen LogP contribution is -2.15. The van der Waals surface area contributed by atoms with Crippen LogP contribution >= 0.6 is 27.3 Å². The number of rotatable bonds is 3. The molecular formula is C11H11BrN2S. The Bertz CT molecular complexity index is 428. The van der Waals surface area contributed by atoms with E-state index in [1.165, 1.54) is 5.56 Å². The van der Waals surface area contributed by atoms with Gasteiger partial charge in [-0.2, -0.15) is 11.3 Å². The second-order valence-electron chi connectivity index (χ2n) is 3.31. The number of pyridine rings is 1. The van der Waals surface area contributed by atoms with Gasteiger partial charge < -0.3 is 5.73 Å². The molecule has 0 aliphatic carbocycles. The fourth-order valence-corrected chi connectivity index (χ4v) is 2.66. The normalized spacial score (nSPS) is 12.7. The quantitative estimate of drug-likeness (QED) is 0.939. The molecule has 0 radical (unpaired) electrons. The van der Waals surface area contributed by atoms with Crippen molar-refractivity contribution < 1.29 is 0 Å². The summed E-state index contributed by atoms with van der Waals surface area (Å²) < 4.78 is 0.979. The molecule has 0 spiro atoms. The highest BCUT2D eigenvalue weighted by atomic mass is 79.9. The molecular weight excluding hydrogens is 272 g/mol. The summed E-state index contributed by atoms with van der Waals surface area (Å²) >= 11 is 5.15. The number of thiophene rings is 1. The molecule has 0 amide bonds. The Morgan fingerprint density at radius 2 is 2.33 bits per heavy atom. The third-order valence-corrected chi connectivity index (χ3v) is 3.58. The lowest BCUT2D eigenvalue weighted by molar-refractivity contribution is 0.694. The first-order valence-electron chi connectivity index (χ1n) is 4.64. The van der Waals surface area contributed by atoms with Gasteiger partial charge in [-0.3, -0.25) is 4.98 Å². The predicted octanol–water partition coefficient (Wildman–Crippen LogP) is 3.15. The number of hydrogen-bond acceptors (Lipinski definition) is 3. The molecule has 0 saturated heterocycles. The van der Waals surface area contributed by atoms with Gasteiger partial charge in [0, 0.05) is 10.7 Å². The van der Waals surface area contributed by atoms with Gasteiger partial charge >= 0.3 is 0 Å². The molecule has 0 fully saturated rings. The van der Waals surface area contributed by atoms with Gasteiger partial charge in [0.2, 0.25) is 0 Å². The third kappa shape index (κ3) is 2.65. The highest BCUT2D eigenvalue weighted by Crippen LogP contribution is 2.22. The zero-order valence-corrected chi connectivity index (χ0v) is 10.5. The maximum absolute atomic E-state index is 6.10. The van der Waals surface area contributed by atoms with Crippen molar-refractivity contribution in [2.24, 2.45) is 5.73 Å². The number of aromatic nitrogens is 1. The van der Waals surface area contributed by atoms with E-state index < -0.39 is 0 Å². The highest BCUT2D eigenvalue weighted by Gasteiger charge is 2.11. The van der Waals surface area contributed by atoms with E-state index in [2.05, 4.69) is 37.7 Å². The van der Waals surface area contributed by atoms with E-state index in [0.717, 1.165) is 16.6 Å². The molecule has 0 aliphatic heterocycles. The van der Waals surface area contributed by atoms with E-state index in [0.29, 0.717) is 0 Å². The summed E-state index contributed by atoms with van der Waals surface area (Å²) in [5.74, 6) is 0. The molecule has 1 unspecified atom stereocenters. The van der Waals surface area contributed by atoms with Crippen molar-refractivity contribution in [1.82, 2.24) is 4.98 Å². The van der Waals surface area contributed by atoms with Gasteiger partial charge in [-0.05, 0) is 56.9 Å². The summed E-state index contributed by atoms with van der Waals surface area (Å²) in [5.41, 5.74) is 8.29. The number of nitrogens with zero attached hydrogens (tertiary/aromatic N) is 1. The Hall–Kier alpha value is -0.710. The molecule has 2 aromatic rings. The number of hydrogen-bond donors (Lipinski definition) is 1. The molecule has 0 aromatic carbocycles. The van der Waals surface area contributed by atoms with Crippen LogP contribution < -0.4 is 5.73 Å². The Morgan fingerprint density at radius 1 is 1.47 bits per heavy atom. The molecule has 0 saturated carbocycles. The fourth-order valence-electron chi connectivity index (χ4n) is 1.43. The first-order chi connectivity index (χ1) is 7.27. The monoisotopic (exact) mass is 282 g/mol. The topological polar surface area (TPSA) is 38.9 Å². The van der Waals surface area contributed by atoms with E-state index in [1.807, 2.05) is 12.1 Å². The molecule has 78 valence electrons. The minimum Gasteiger partial charge on any atom is -0.322 e. The fraction of sp³-hybridized carbons (Fsp3) is 0.182. The second kappa shape index (κ2) is 4.88. The van der Waals surface area contributed by atoms with Crippen LogP contribution in [0.2, 0.25) is 0 Å². The molecule has 4 heteroatoms. The van der Waals surface area contributed by atoms with Crippen LogP contribution in [0.3, 0.4) is 0 Å². The standard InChI is InChI=1S/C11H11BrN2S/c12-9-2-1-4-14-11(9)10(13)6-8-3-5-15-7-8/h1-5,7,10H,6,13H2. The summed E-state index contributed by atoms with van der Waals surface area (Å²) in [7, 11) is 0. The third-order valence-electron chi connectivity index (χ3n) is 2.17. The van der Waals surface area contributed by atoms with Crippen LogP contribution in [0.15, 0.2) is 39.6 Å². The first-order valence-corrected chi connectivity index (χ1v) is 6.38. The summed E-state index contributed by atoms with van der Waals surface area (Å²) in [6.07, 6.45) is 2.60. The van der Waals surface area contributed by atoms with Crippen LogP contribution in [-0.2, 0) is 6.42 Å². The van der Waals surface area contributed by atoms with Crippen LogP contribution in [0.4, 0.5) is 0 Å². The van der Waals surface area contributed by atoms with Crippen LogP contribution in [0.1, 0.15) is 17.3 Å². The summed E-state index contributed by atoms with van der Waals surface area (Å²) in [6, 6.07) is 5.91. The van der Waals surface area contributed by atoms with Gasteiger partial charge in [0.15, 0.2) is 0 Å². The minimum absolute atomic E-state index is 0.0461. The van der Waals surface area contributed by atoms with E-state index >= 15 is 0 Å². The van der Waals surface area contributed by atoms with Crippen LogP contribution in [0.25, 0.3) is 0 Å². The van der Waals surface area contributed by atoms with Crippen molar-refractivity contribution in [3.63, 3.8) is 0 Å². The van der Waals surface area contributed by atoms with Crippen molar-refractivity contribution in [3.05, 3.63) is 50.9 Å². The summed E-state index contributed by atoms with van der Waals surface area (Å²) in [6.45, 7) is 0. The molecule has 2 heterocycles. The second-order valence-corrected chi connectivity index (χ2v) is 4.95. The summed E-state index contributed by atoms with van der Waals surface area (Å²) in [4.78, 5) is 4.29. The zero-order chi connectivity index (χ0) is 10.7. The molecule has 2 nitrogen and oxygen atoms in total. The Kier molecular flexibility index (Phi) is 3.51. The van der Waals surface area contributed by atoms with Gasteiger partial charge in [0.1, 0.15) is 0 Å². The largest absolute Gasteiger partial charge is 0.322 e. The zero-order valence-electron chi connectivity index (χ0n) is 8.06. The van der Waals surface area contributed by atoms with E-state index in [4.69, 9.17) is 5.73 Å². The molecule has 2 rings (SSSR count). The minimum atomic E-state index is -0.0461. The van der Waals surface area contributed by atoms with Gasteiger partial charge in [-0.1, -0.05) is 0 Å². The molecule has 2 aromatic heterocycles. The van der Waals surface area contributed by atoms with E-state index in [9.17, 15) is 0 Å². The van der Waals surface area contributed by atoms with Crippen LogP contribution in [0, 0.1) is 0 Å². The van der Waals surface area contributed by atoms with Gasteiger partial charge in [0.25, 0.3) is 0 Å². The molecule has 0 bridgehead atoms. The molecule has 15 heavy (non-hydrogen) atoms. The lowest BCUT2D eigenvalue weighted by Gasteiger charge is -2.11.